The fourth-order valence-corrected chi connectivity index (χ4v) is 2.13. The van der Waals surface area contributed by atoms with Crippen LogP contribution in [0, 0.1) is 5.92 Å². The van der Waals surface area contributed by atoms with E-state index in [9.17, 15) is 4.79 Å². The zero-order chi connectivity index (χ0) is 13.0. The Labute approximate surface area is 108 Å². The molecule has 5 nitrogen and oxygen atoms in total. The Morgan fingerprint density at radius 1 is 1.61 bits per heavy atom. The molecule has 2 heterocycles. The summed E-state index contributed by atoms with van der Waals surface area (Å²) < 4.78 is 7.14. The highest BCUT2D eigenvalue weighted by Gasteiger charge is 2.22. The second-order valence-corrected chi connectivity index (χ2v) is 4.79. The fraction of sp³-hybridized carbons (Fsp3) is 0.692. The topological polar surface area (TPSA) is 56.2 Å². The van der Waals surface area contributed by atoms with E-state index in [4.69, 9.17) is 4.74 Å². The normalized spacial score (nSPS) is 18.6. The molecule has 2 rings (SSSR count). The number of anilines is 1. The van der Waals surface area contributed by atoms with Gasteiger partial charge in [0, 0.05) is 25.2 Å². The molecule has 18 heavy (non-hydrogen) atoms. The minimum atomic E-state index is 0.0685. The third-order valence-corrected chi connectivity index (χ3v) is 3.52. The second kappa shape index (κ2) is 6.00. The molecule has 0 aliphatic carbocycles. The molecule has 1 aliphatic heterocycles. The van der Waals surface area contributed by atoms with Gasteiger partial charge in [0.15, 0.2) is 0 Å². The first-order chi connectivity index (χ1) is 8.72. The zero-order valence-electron chi connectivity index (χ0n) is 11.1. The van der Waals surface area contributed by atoms with Crippen molar-refractivity contribution in [3.05, 3.63) is 12.3 Å². The van der Waals surface area contributed by atoms with Crippen molar-refractivity contribution in [3.63, 3.8) is 0 Å². The van der Waals surface area contributed by atoms with E-state index in [2.05, 4.69) is 24.3 Å². The first-order valence-corrected chi connectivity index (χ1v) is 6.64. The first-order valence-electron chi connectivity index (χ1n) is 6.64. The predicted octanol–water partition coefficient (Wildman–Crippen LogP) is 2.22. The largest absolute Gasteiger partial charge is 0.381 e. The Kier molecular flexibility index (Phi) is 4.36. The average molecular weight is 251 g/mol. The standard InChI is InChI=1S/C13H21N3O2/c1-3-10(2)16-12(4-7-14-16)15-13(17)11-5-8-18-9-6-11/h4,7,10-11H,3,5-6,8-9H2,1-2H3,(H,15,17). The van der Waals surface area contributed by atoms with Crippen molar-refractivity contribution in [1.82, 2.24) is 9.78 Å². The van der Waals surface area contributed by atoms with Crippen molar-refractivity contribution in [2.45, 2.75) is 39.2 Å². The van der Waals surface area contributed by atoms with Gasteiger partial charge in [-0.2, -0.15) is 5.10 Å². The number of ether oxygens (including phenoxy) is 1. The first kappa shape index (κ1) is 13.1. The van der Waals surface area contributed by atoms with Crippen LogP contribution in [0.25, 0.3) is 0 Å². The molecule has 1 saturated heterocycles. The third kappa shape index (κ3) is 2.90. The van der Waals surface area contributed by atoms with Gasteiger partial charge < -0.3 is 10.1 Å². The van der Waals surface area contributed by atoms with Crippen LogP contribution in [-0.4, -0.2) is 28.9 Å². The van der Waals surface area contributed by atoms with Gasteiger partial charge in [-0.05, 0) is 26.2 Å². The van der Waals surface area contributed by atoms with Gasteiger partial charge in [-0.3, -0.25) is 4.79 Å². The van der Waals surface area contributed by atoms with E-state index in [-0.39, 0.29) is 11.8 Å². The maximum Gasteiger partial charge on any atom is 0.228 e. The number of carbonyl (C=O) groups excluding carboxylic acids is 1. The fourth-order valence-electron chi connectivity index (χ4n) is 2.13. The monoisotopic (exact) mass is 251 g/mol. The van der Waals surface area contributed by atoms with Gasteiger partial charge in [0.1, 0.15) is 5.82 Å². The summed E-state index contributed by atoms with van der Waals surface area (Å²) in [6, 6.07) is 2.15. The number of nitrogens with zero attached hydrogens (tertiary/aromatic N) is 2. The Bertz CT molecular complexity index is 397. The number of hydrogen-bond acceptors (Lipinski definition) is 3. The van der Waals surface area contributed by atoms with Crippen molar-refractivity contribution < 1.29 is 9.53 Å². The number of hydrogen-bond donors (Lipinski definition) is 1. The second-order valence-electron chi connectivity index (χ2n) is 4.79. The molecular weight excluding hydrogens is 230 g/mol. The van der Waals surface area contributed by atoms with Gasteiger partial charge >= 0.3 is 0 Å². The van der Waals surface area contributed by atoms with E-state index in [1.165, 1.54) is 0 Å². The van der Waals surface area contributed by atoms with Crippen LogP contribution in [0.4, 0.5) is 5.82 Å². The number of amides is 1. The number of nitrogens with one attached hydrogen (secondary N) is 1. The van der Waals surface area contributed by atoms with Gasteiger partial charge in [-0.15, -0.1) is 0 Å². The van der Waals surface area contributed by atoms with Gasteiger partial charge in [0.05, 0.1) is 12.2 Å². The quantitative estimate of drug-likeness (QED) is 0.892. The van der Waals surface area contributed by atoms with Gasteiger partial charge in [-0.25, -0.2) is 4.68 Å². The molecule has 1 fully saturated rings. The summed E-state index contributed by atoms with van der Waals surface area (Å²) in [6.45, 7) is 5.57. The van der Waals surface area contributed by atoms with Crippen molar-refractivity contribution in [1.29, 1.82) is 0 Å². The lowest BCUT2D eigenvalue weighted by molar-refractivity contribution is -0.122. The molecule has 1 aromatic rings. The summed E-state index contributed by atoms with van der Waals surface area (Å²) in [5.74, 6) is 0.947. The molecule has 0 bridgehead atoms. The third-order valence-electron chi connectivity index (χ3n) is 3.52. The Hall–Kier alpha value is -1.36. The highest BCUT2D eigenvalue weighted by molar-refractivity contribution is 5.91. The van der Waals surface area contributed by atoms with Crippen LogP contribution < -0.4 is 5.32 Å². The molecular formula is C13H21N3O2. The molecule has 1 aromatic heterocycles. The lowest BCUT2D eigenvalue weighted by atomic mass is 9.99. The van der Waals surface area contributed by atoms with Gasteiger partial charge in [-0.1, -0.05) is 6.92 Å². The zero-order valence-corrected chi connectivity index (χ0v) is 11.1. The molecule has 1 amide bonds. The van der Waals surface area contributed by atoms with Crippen molar-refractivity contribution in [3.8, 4) is 0 Å². The molecule has 1 N–H and O–H groups in total. The van der Waals surface area contributed by atoms with Crippen LogP contribution in [0.5, 0.6) is 0 Å². The SMILES string of the molecule is CCC(C)n1nccc1NC(=O)C1CCOCC1. The number of aromatic nitrogens is 2. The number of carbonyl (C=O) groups is 1. The van der Waals surface area contributed by atoms with Crippen molar-refractivity contribution in [2.24, 2.45) is 5.92 Å². The summed E-state index contributed by atoms with van der Waals surface area (Å²) in [5, 5.41) is 7.24. The minimum absolute atomic E-state index is 0.0685. The van der Waals surface area contributed by atoms with E-state index in [1.54, 1.807) is 6.20 Å². The van der Waals surface area contributed by atoms with E-state index in [1.807, 2.05) is 10.7 Å². The molecule has 0 saturated carbocycles. The Morgan fingerprint density at radius 3 is 3.00 bits per heavy atom. The van der Waals surface area contributed by atoms with Crippen LogP contribution >= 0.6 is 0 Å². The van der Waals surface area contributed by atoms with Crippen LogP contribution in [0.3, 0.4) is 0 Å². The molecule has 0 radical (unpaired) electrons. The van der Waals surface area contributed by atoms with Crippen molar-refractivity contribution >= 4 is 11.7 Å². The highest BCUT2D eigenvalue weighted by atomic mass is 16.5. The Morgan fingerprint density at radius 2 is 2.33 bits per heavy atom. The molecule has 100 valence electrons. The van der Waals surface area contributed by atoms with E-state index >= 15 is 0 Å². The molecule has 0 aromatic carbocycles. The minimum Gasteiger partial charge on any atom is -0.381 e. The summed E-state index contributed by atoms with van der Waals surface area (Å²) >= 11 is 0. The lowest BCUT2D eigenvalue weighted by Crippen LogP contribution is -2.29. The van der Waals surface area contributed by atoms with Gasteiger partial charge in [0.2, 0.25) is 5.91 Å². The Balaban J connectivity index is 2.00. The van der Waals surface area contributed by atoms with Crippen LogP contribution in [0.2, 0.25) is 0 Å². The van der Waals surface area contributed by atoms with Crippen LogP contribution in [0.15, 0.2) is 12.3 Å². The molecule has 1 unspecified atom stereocenters. The lowest BCUT2D eigenvalue weighted by Gasteiger charge is -2.22. The molecule has 1 atom stereocenters. The maximum atomic E-state index is 12.1. The highest BCUT2D eigenvalue weighted by Crippen LogP contribution is 2.20. The maximum absolute atomic E-state index is 12.1. The van der Waals surface area contributed by atoms with Crippen LogP contribution in [0.1, 0.15) is 39.2 Å². The molecule has 1 aliphatic rings. The summed E-state index contributed by atoms with van der Waals surface area (Å²) in [5.41, 5.74) is 0. The molecule has 5 heteroatoms. The van der Waals surface area contributed by atoms with E-state index in [0.717, 1.165) is 25.1 Å². The smallest absolute Gasteiger partial charge is 0.228 e. The summed E-state index contributed by atoms with van der Waals surface area (Å²) in [4.78, 5) is 12.1. The number of rotatable bonds is 4. The van der Waals surface area contributed by atoms with Gasteiger partial charge in [0.25, 0.3) is 0 Å². The summed E-state index contributed by atoms with van der Waals surface area (Å²) in [6.07, 6.45) is 4.33. The van der Waals surface area contributed by atoms with E-state index in [0.29, 0.717) is 19.3 Å². The molecule has 0 spiro atoms. The summed E-state index contributed by atoms with van der Waals surface area (Å²) in [7, 11) is 0. The van der Waals surface area contributed by atoms with Crippen molar-refractivity contribution in [2.75, 3.05) is 18.5 Å². The predicted molar refractivity (Wildman–Crippen MR) is 69.4 cm³/mol. The van der Waals surface area contributed by atoms with Crippen LogP contribution in [-0.2, 0) is 9.53 Å². The van der Waals surface area contributed by atoms with E-state index < -0.39 is 0 Å². The average Bonchev–Trinajstić information content (AvgIpc) is 2.87.